The van der Waals surface area contributed by atoms with E-state index in [1.165, 1.54) is 0 Å². The van der Waals surface area contributed by atoms with E-state index in [1.807, 2.05) is 0 Å². The molecule has 1 aromatic rings. The fourth-order valence-corrected chi connectivity index (χ4v) is 1.06. The van der Waals surface area contributed by atoms with Gasteiger partial charge in [0.1, 0.15) is 12.4 Å². The fourth-order valence-electron chi connectivity index (χ4n) is 1.06. The Balaban J connectivity index is 2.81. The van der Waals surface area contributed by atoms with Crippen LogP contribution in [0, 0.1) is 0 Å². The normalized spacial score (nSPS) is 9.69. The van der Waals surface area contributed by atoms with Crippen LogP contribution in [0.15, 0.2) is 18.2 Å². The molecule has 3 N–H and O–H groups in total. The van der Waals surface area contributed by atoms with Crippen molar-refractivity contribution in [1.82, 2.24) is 0 Å². The van der Waals surface area contributed by atoms with Gasteiger partial charge in [0.2, 0.25) is 0 Å². The van der Waals surface area contributed by atoms with Crippen molar-refractivity contribution in [1.29, 1.82) is 0 Å². The molecule has 0 amide bonds. The van der Waals surface area contributed by atoms with Gasteiger partial charge in [0.05, 0.1) is 18.5 Å². The molecule has 0 aliphatic carbocycles. The molecule has 0 saturated heterocycles. The molecule has 0 aliphatic heterocycles. The molecule has 0 fully saturated rings. The number of hydrogen-bond acceptors (Lipinski definition) is 3. The molecule has 13 heavy (non-hydrogen) atoms. The average molecular weight is 184 g/mol. The largest absolute Gasteiger partial charge is 0.495 e. The highest BCUT2D eigenvalue weighted by Gasteiger charge is 2.03. The minimum absolute atomic E-state index is 0.261. The first kappa shape index (κ1) is 9.64. The number of nitrogens with one attached hydrogen (secondary N) is 1. The van der Waals surface area contributed by atoms with Crippen molar-refractivity contribution in [2.45, 2.75) is 0 Å². The van der Waals surface area contributed by atoms with Gasteiger partial charge in [0.25, 0.3) is 0 Å². The van der Waals surface area contributed by atoms with E-state index >= 15 is 0 Å². The summed E-state index contributed by atoms with van der Waals surface area (Å²) in [5.74, 6) is 0.601. The molecule has 3 nitrogen and oxygen atoms in total. The number of benzene rings is 1. The van der Waals surface area contributed by atoms with Crippen LogP contribution in [0.5, 0.6) is 5.75 Å². The van der Waals surface area contributed by atoms with Crippen LogP contribution in [-0.4, -0.2) is 20.3 Å². The van der Waals surface area contributed by atoms with Crippen molar-refractivity contribution in [2.75, 3.05) is 31.4 Å². The molecule has 0 atom stereocenters. The Bertz CT molecular complexity index is 278. The Morgan fingerprint density at radius 1 is 1.54 bits per heavy atom. The van der Waals surface area contributed by atoms with E-state index in [1.54, 1.807) is 25.3 Å². The van der Waals surface area contributed by atoms with E-state index in [0.717, 1.165) is 0 Å². The Kier molecular flexibility index (Phi) is 3.37. The molecule has 0 spiro atoms. The molecule has 0 aliphatic rings. The SMILES string of the molecule is COc1cccc(NCCF)c1N. The summed E-state index contributed by atoms with van der Waals surface area (Å²) in [7, 11) is 1.55. The molecule has 72 valence electrons. The van der Waals surface area contributed by atoms with Crippen molar-refractivity contribution in [3.63, 3.8) is 0 Å². The Hall–Kier alpha value is -1.45. The maximum absolute atomic E-state index is 11.9. The van der Waals surface area contributed by atoms with Gasteiger partial charge in [-0.25, -0.2) is 4.39 Å². The van der Waals surface area contributed by atoms with Gasteiger partial charge in [-0.15, -0.1) is 0 Å². The molecule has 0 radical (unpaired) electrons. The number of anilines is 2. The molecular formula is C9H13FN2O. The smallest absolute Gasteiger partial charge is 0.143 e. The van der Waals surface area contributed by atoms with Gasteiger partial charge in [-0.2, -0.15) is 0 Å². The molecule has 0 saturated carbocycles. The number of ether oxygens (including phenoxy) is 1. The molecule has 1 aromatic carbocycles. The van der Waals surface area contributed by atoms with Crippen LogP contribution in [0.25, 0.3) is 0 Å². The Labute approximate surface area is 76.7 Å². The molecule has 0 heterocycles. The van der Waals surface area contributed by atoms with Gasteiger partial charge in [0.15, 0.2) is 0 Å². The van der Waals surface area contributed by atoms with Crippen LogP contribution in [0.1, 0.15) is 0 Å². The first-order chi connectivity index (χ1) is 6.29. The Morgan fingerprint density at radius 2 is 2.31 bits per heavy atom. The molecule has 1 rings (SSSR count). The number of hydrogen-bond donors (Lipinski definition) is 2. The average Bonchev–Trinajstić information content (AvgIpc) is 2.16. The van der Waals surface area contributed by atoms with Gasteiger partial charge in [0, 0.05) is 6.54 Å². The number of nitrogens with two attached hydrogens (primary N) is 1. The monoisotopic (exact) mass is 184 g/mol. The summed E-state index contributed by atoms with van der Waals surface area (Å²) in [5.41, 5.74) is 6.94. The molecular weight excluding hydrogens is 171 g/mol. The van der Waals surface area contributed by atoms with Crippen LogP contribution in [0.2, 0.25) is 0 Å². The number of para-hydroxylation sites is 1. The molecule has 4 heteroatoms. The summed E-state index contributed by atoms with van der Waals surface area (Å²) in [6, 6.07) is 5.35. The number of alkyl halides is 1. The van der Waals surface area contributed by atoms with Gasteiger partial charge in [-0.05, 0) is 12.1 Å². The third-order valence-corrected chi connectivity index (χ3v) is 1.70. The zero-order chi connectivity index (χ0) is 9.68. The number of nitrogen functional groups attached to an aromatic ring is 1. The zero-order valence-electron chi connectivity index (χ0n) is 7.51. The standard InChI is InChI=1S/C9H13FN2O/c1-13-8-4-2-3-7(9(8)11)12-6-5-10/h2-4,12H,5-6,11H2,1H3. The highest BCUT2D eigenvalue weighted by molar-refractivity contribution is 5.72. The second-order valence-electron chi connectivity index (χ2n) is 2.54. The van der Waals surface area contributed by atoms with Crippen LogP contribution in [0.3, 0.4) is 0 Å². The summed E-state index contributed by atoms with van der Waals surface area (Å²) in [6.45, 7) is -0.159. The lowest BCUT2D eigenvalue weighted by Crippen LogP contribution is -2.06. The third-order valence-electron chi connectivity index (χ3n) is 1.70. The highest BCUT2D eigenvalue weighted by Crippen LogP contribution is 2.28. The number of halogens is 1. The zero-order valence-corrected chi connectivity index (χ0v) is 7.51. The Morgan fingerprint density at radius 3 is 2.92 bits per heavy atom. The topological polar surface area (TPSA) is 47.3 Å². The van der Waals surface area contributed by atoms with Gasteiger partial charge < -0.3 is 15.8 Å². The maximum atomic E-state index is 11.9. The molecule has 0 unspecified atom stereocenters. The lowest BCUT2D eigenvalue weighted by atomic mass is 10.2. The maximum Gasteiger partial charge on any atom is 0.143 e. The van der Waals surface area contributed by atoms with Crippen LogP contribution in [0.4, 0.5) is 15.8 Å². The van der Waals surface area contributed by atoms with Crippen molar-refractivity contribution in [3.8, 4) is 5.75 Å². The van der Waals surface area contributed by atoms with E-state index in [-0.39, 0.29) is 6.54 Å². The number of methoxy groups -OCH3 is 1. The second-order valence-corrected chi connectivity index (χ2v) is 2.54. The van der Waals surface area contributed by atoms with Gasteiger partial charge in [-0.1, -0.05) is 6.07 Å². The van der Waals surface area contributed by atoms with Crippen LogP contribution in [-0.2, 0) is 0 Å². The summed E-state index contributed by atoms with van der Waals surface area (Å²) in [6.07, 6.45) is 0. The van der Waals surface area contributed by atoms with Crippen molar-refractivity contribution < 1.29 is 9.13 Å². The lowest BCUT2D eigenvalue weighted by molar-refractivity contribution is 0.417. The minimum Gasteiger partial charge on any atom is -0.495 e. The quantitative estimate of drug-likeness (QED) is 0.699. The summed E-state index contributed by atoms with van der Waals surface area (Å²) >= 11 is 0. The van der Waals surface area contributed by atoms with E-state index in [9.17, 15) is 4.39 Å². The third kappa shape index (κ3) is 2.24. The molecule has 0 bridgehead atoms. The van der Waals surface area contributed by atoms with Gasteiger partial charge in [-0.3, -0.25) is 0 Å². The highest BCUT2D eigenvalue weighted by atomic mass is 19.1. The van der Waals surface area contributed by atoms with E-state index in [4.69, 9.17) is 10.5 Å². The van der Waals surface area contributed by atoms with E-state index in [0.29, 0.717) is 17.1 Å². The number of rotatable bonds is 4. The van der Waals surface area contributed by atoms with E-state index < -0.39 is 6.67 Å². The fraction of sp³-hybridized carbons (Fsp3) is 0.333. The predicted molar refractivity (Wildman–Crippen MR) is 51.9 cm³/mol. The second kappa shape index (κ2) is 4.54. The predicted octanol–water partition coefficient (Wildman–Crippen LogP) is 1.66. The van der Waals surface area contributed by atoms with Crippen molar-refractivity contribution >= 4 is 11.4 Å². The van der Waals surface area contributed by atoms with E-state index in [2.05, 4.69) is 5.32 Å². The lowest BCUT2D eigenvalue weighted by Gasteiger charge is -2.10. The molecule has 0 aromatic heterocycles. The first-order valence-electron chi connectivity index (χ1n) is 4.02. The van der Waals surface area contributed by atoms with Crippen LogP contribution >= 0.6 is 0 Å². The summed E-state index contributed by atoms with van der Waals surface area (Å²) in [4.78, 5) is 0. The summed E-state index contributed by atoms with van der Waals surface area (Å²) in [5, 5.41) is 2.86. The van der Waals surface area contributed by atoms with Crippen molar-refractivity contribution in [2.24, 2.45) is 0 Å². The first-order valence-corrected chi connectivity index (χ1v) is 4.02. The van der Waals surface area contributed by atoms with Gasteiger partial charge >= 0.3 is 0 Å². The minimum atomic E-state index is -0.420. The van der Waals surface area contributed by atoms with Crippen LogP contribution < -0.4 is 15.8 Å². The van der Waals surface area contributed by atoms with Crippen molar-refractivity contribution in [3.05, 3.63) is 18.2 Å². The summed E-state index contributed by atoms with van der Waals surface area (Å²) < 4.78 is 16.9.